The predicted octanol–water partition coefficient (Wildman–Crippen LogP) is 1.38. The molecule has 1 atom stereocenters. The third-order valence-corrected chi connectivity index (χ3v) is 2.60. The van der Waals surface area contributed by atoms with Crippen LogP contribution in [-0.4, -0.2) is 6.54 Å². The van der Waals surface area contributed by atoms with Crippen molar-refractivity contribution in [2.45, 2.75) is 6.04 Å². The normalized spacial score (nSPS) is 12.9. The number of nitrogens with two attached hydrogens (primary N) is 3. The van der Waals surface area contributed by atoms with Crippen molar-refractivity contribution in [3.63, 3.8) is 0 Å². The minimum Gasteiger partial charge on any atom is -0.398 e. The molecule has 1 unspecified atom stereocenters. The number of benzene rings is 2. The fourth-order valence-corrected chi connectivity index (χ4v) is 1.72. The van der Waals surface area contributed by atoms with Gasteiger partial charge in [0.25, 0.3) is 0 Å². The number of anilines is 1. The van der Waals surface area contributed by atoms with Crippen LogP contribution in [0, 0.1) is 0 Å². The van der Waals surface area contributed by atoms with Crippen molar-refractivity contribution in [2.24, 2.45) is 11.5 Å². The smallest absolute Gasteiger partial charge is 0.0440 e. The molecule has 0 saturated heterocycles. The van der Waals surface area contributed by atoms with Crippen LogP contribution in [-0.2, 0) is 0 Å². The molecular formula is C12H15N3. The van der Waals surface area contributed by atoms with Gasteiger partial charge in [0.1, 0.15) is 0 Å². The van der Waals surface area contributed by atoms with Gasteiger partial charge in [0, 0.05) is 18.3 Å². The zero-order chi connectivity index (χ0) is 10.8. The summed E-state index contributed by atoms with van der Waals surface area (Å²) in [5.41, 5.74) is 19.0. The van der Waals surface area contributed by atoms with Crippen LogP contribution in [0.3, 0.4) is 0 Å². The van der Waals surface area contributed by atoms with Crippen molar-refractivity contribution >= 4 is 16.5 Å². The first kappa shape index (κ1) is 9.96. The number of rotatable bonds is 2. The Morgan fingerprint density at radius 1 is 1.07 bits per heavy atom. The van der Waals surface area contributed by atoms with E-state index in [4.69, 9.17) is 17.2 Å². The van der Waals surface area contributed by atoms with Crippen LogP contribution >= 0.6 is 0 Å². The van der Waals surface area contributed by atoms with Gasteiger partial charge in [-0.25, -0.2) is 0 Å². The van der Waals surface area contributed by atoms with Crippen molar-refractivity contribution in [1.29, 1.82) is 0 Å². The zero-order valence-electron chi connectivity index (χ0n) is 8.48. The van der Waals surface area contributed by atoms with Gasteiger partial charge in [0.15, 0.2) is 0 Å². The first-order valence-electron chi connectivity index (χ1n) is 4.96. The maximum atomic E-state index is 5.93. The number of nitrogen functional groups attached to an aromatic ring is 1. The zero-order valence-corrected chi connectivity index (χ0v) is 8.48. The lowest BCUT2D eigenvalue weighted by Gasteiger charge is -2.13. The molecule has 0 fully saturated rings. The average molecular weight is 201 g/mol. The van der Waals surface area contributed by atoms with Gasteiger partial charge in [-0.1, -0.05) is 24.3 Å². The molecule has 0 radical (unpaired) electrons. The molecule has 6 N–H and O–H groups in total. The van der Waals surface area contributed by atoms with Gasteiger partial charge in [-0.15, -0.1) is 0 Å². The van der Waals surface area contributed by atoms with Crippen LogP contribution in [0.15, 0.2) is 36.4 Å². The maximum absolute atomic E-state index is 5.93. The predicted molar refractivity (Wildman–Crippen MR) is 64.3 cm³/mol. The van der Waals surface area contributed by atoms with Crippen LogP contribution in [0.1, 0.15) is 11.6 Å². The lowest BCUT2D eigenvalue weighted by Crippen LogP contribution is -2.21. The lowest BCUT2D eigenvalue weighted by molar-refractivity contribution is 0.740. The third kappa shape index (κ3) is 1.79. The largest absolute Gasteiger partial charge is 0.398 e. The van der Waals surface area contributed by atoms with E-state index in [1.54, 1.807) is 0 Å². The van der Waals surface area contributed by atoms with E-state index in [2.05, 4.69) is 0 Å². The molecular weight excluding hydrogens is 186 g/mol. The van der Waals surface area contributed by atoms with E-state index in [1.807, 2.05) is 36.4 Å². The van der Waals surface area contributed by atoms with Crippen molar-refractivity contribution in [2.75, 3.05) is 12.3 Å². The molecule has 0 bridgehead atoms. The average Bonchev–Trinajstić information content (AvgIpc) is 2.27. The molecule has 0 aliphatic rings. The molecule has 2 aromatic rings. The van der Waals surface area contributed by atoms with E-state index < -0.39 is 0 Å². The first-order chi connectivity index (χ1) is 7.22. The molecule has 0 saturated carbocycles. The summed E-state index contributed by atoms with van der Waals surface area (Å²) < 4.78 is 0. The molecule has 0 aliphatic heterocycles. The van der Waals surface area contributed by atoms with Crippen molar-refractivity contribution in [1.82, 2.24) is 0 Å². The number of hydrogen-bond acceptors (Lipinski definition) is 3. The maximum Gasteiger partial charge on any atom is 0.0440 e. The molecule has 0 heterocycles. The Morgan fingerprint density at radius 3 is 2.27 bits per heavy atom. The summed E-state index contributed by atoms with van der Waals surface area (Å²) in [5, 5.41) is 2.27. The molecule has 2 aromatic carbocycles. The van der Waals surface area contributed by atoms with Gasteiger partial charge in [-0.3, -0.25) is 0 Å². The lowest BCUT2D eigenvalue weighted by atomic mass is 10.0. The van der Waals surface area contributed by atoms with Crippen LogP contribution in [0.25, 0.3) is 10.8 Å². The second-order valence-electron chi connectivity index (χ2n) is 3.67. The standard InChI is InChI=1S/C12H15N3/c13-7-12(15)10-5-8-3-1-2-4-9(8)6-11(10)14/h1-6,12H,7,13-15H2. The fraction of sp³-hybridized carbons (Fsp3) is 0.167. The Morgan fingerprint density at radius 2 is 1.67 bits per heavy atom. The first-order valence-corrected chi connectivity index (χ1v) is 4.96. The fourth-order valence-electron chi connectivity index (χ4n) is 1.72. The Labute approximate surface area is 88.9 Å². The SMILES string of the molecule is NCC(N)c1cc2ccccc2cc1N. The summed E-state index contributed by atoms with van der Waals surface area (Å²) in [6.45, 7) is 0.405. The highest BCUT2D eigenvalue weighted by Gasteiger charge is 2.08. The summed E-state index contributed by atoms with van der Waals surface area (Å²) in [4.78, 5) is 0. The van der Waals surface area contributed by atoms with Crippen molar-refractivity contribution in [3.8, 4) is 0 Å². The summed E-state index contributed by atoms with van der Waals surface area (Å²) in [6.07, 6.45) is 0. The summed E-state index contributed by atoms with van der Waals surface area (Å²) in [5.74, 6) is 0. The van der Waals surface area contributed by atoms with Gasteiger partial charge in [-0.2, -0.15) is 0 Å². The Hall–Kier alpha value is -1.58. The number of hydrogen-bond donors (Lipinski definition) is 3. The molecule has 0 amide bonds. The molecule has 3 heteroatoms. The second kappa shape index (κ2) is 3.88. The summed E-state index contributed by atoms with van der Waals surface area (Å²) >= 11 is 0. The molecule has 0 spiro atoms. The Kier molecular flexibility index (Phi) is 2.58. The molecule has 0 aromatic heterocycles. The molecule has 78 valence electrons. The summed E-state index contributed by atoms with van der Waals surface area (Å²) in [7, 11) is 0. The van der Waals surface area contributed by atoms with E-state index in [9.17, 15) is 0 Å². The minimum absolute atomic E-state index is 0.186. The van der Waals surface area contributed by atoms with E-state index in [0.29, 0.717) is 12.2 Å². The monoisotopic (exact) mass is 201 g/mol. The van der Waals surface area contributed by atoms with Crippen LogP contribution in [0.5, 0.6) is 0 Å². The highest BCUT2D eigenvalue weighted by Crippen LogP contribution is 2.25. The second-order valence-corrected chi connectivity index (χ2v) is 3.67. The van der Waals surface area contributed by atoms with Crippen molar-refractivity contribution in [3.05, 3.63) is 42.0 Å². The van der Waals surface area contributed by atoms with Crippen LogP contribution in [0.4, 0.5) is 5.69 Å². The van der Waals surface area contributed by atoms with Crippen LogP contribution < -0.4 is 17.2 Å². The molecule has 0 aliphatic carbocycles. The van der Waals surface area contributed by atoms with E-state index in [0.717, 1.165) is 16.3 Å². The van der Waals surface area contributed by atoms with E-state index in [1.165, 1.54) is 0 Å². The quantitative estimate of drug-likeness (QED) is 0.642. The molecule has 15 heavy (non-hydrogen) atoms. The highest BCUT2D eigenvalue weighted by molar-refractivity contribution is 5.87. The van der Waals surface area contributed by atoms with Gasteiger partial charge < -0.3 is 17.2 Å². The van der Waals surface area contributed by atoms with Gasteiger partial charge >= 0.3 is 0 Å². The van der Waals surface area contributed by atoms with Gasteiger partial charge in [0.2, 0.25) is 0 Å². The molecule has 3 nitrogen and oxygen atoms in total. The van der Waals surface area contributed by atoms with Gasteiger partial charge in [-0.05, 0) is 28.5 Å². The van der Waals surface area contributed by atoms with Crippen LogP contribution in [0.2, 0.25) is 0 Å². The third-order valence-electron chi connectivity index (χ3n) is 2.60. The highest BCUT2D eigenvalue weighted by atomic mass is 14.7. The Balaban J connectivity index is 2.61. The Bertz CT molecular complexity index is 479. The van der Waals surface area contributed by atoms with Crippen molar-refractivity contribution < 1.29 is 0 Å². The number of fused-ring (bicyclic) bond motifs is 1. The molecule has 2 rings (SSSR count). The minimum atomic E-state index is -0.186. The summed E-state index contributed by atoms with van der Waals surface area (Å²) in [6, 6.07) is 11.8. The topological polar surface area (TPSA) is 78.1 Å². The van der Waals surface area contributed by atoms with Gasteiger partial charge in [0.05, 0.1) is 0 Å². The van der Waals surface area contributed by atoms with E-state index in [-0.39, 0.29) is 6.04 Å². The van der Waals surface area contributed by atoms with E-state index >= 15 is 0 Å².